The van der Waals surface area contributed by atoms with E-state index in [-0.39, 0.29) is 10.8 Å². The fraction of sp³-hybridized carbons (Fsp3) is 0.111. The summed E-state index contributed by atoms with van der Waals surface area (Å²) in [5.74, 6) is -0.365. The number of carbonyl (C=O) groups excluding carboxylic acids is 1. The van der Waals surface area contributed by atoms with Gasteiger partial charge in [0.1, 0.15) is 0 Å². The Morgan fingerprint density at radius 2 is 1.92 bits per heavy atom. The van der Waals surface area contributed by atoms with Crippen LogP contribution >= 0.6 is 0 Å². The lowest BCUT2D eigenvalue weighted by atomic mass is 10.1. The molecule has 0 spiro atoms. The average molecular weight is 355 g/mol. The molecule has 1 heterocycles. The fourth-order valence-corrected chi connectivity index (χ4v) is 3.12. The van der Waals surface area contributed by atoms with E-state index in [9.17, 15) is 13.2 Å². The molecule has 0 aliphatic rings. The van der Waals surface area contributed by atoms with Crippen LogP contribution < -0.4 is 5.32 Å². The molecule has 0 aliphatic carbocycles. The number of imidazole rings is 1. The minimum Gasteiger partial charge on any atom is -0.320 e. The summed E-state index contributed by atoms with van der Waals surface area (Å²) in [6.45, 7) is 1.77. The van der Waals surface area contributed by atoms with Gasteiger partial charge < -0.3 is 9.88 Å². The Morgan fingerprint density at radius 3 is 2.60 bits per heavy atom. The molecule has 0 bridgehead atoms. The molecule has 7 heteroatoms. The summed E-state index contributed by atoms with van der Waals surface area (Å²) in [7, 11) is -3.38. The standard InChI is InChI=1S/C18H17N3O3S/c1-13-7-8-14(25(2,23)24)11-15(13)18(22)20-16-5-3-4-6-17(16)21-10-9-19-12-21/h3-12H,1-2H3,(H,20,22). The van der Waals surface area contributed by atoms with Crippen molar-refractivity contribution >= 4 is 21.4 Å². The molecule has 128 valence electrons. The van der Waals surface area contributed by atoms with Crippen LogP contribution in [0.5, 0.6) is 0 Å². The summed E-state index contributed by atoms with van der Waals surface area (Å²) in [5, 5.41) is 2.85. The van der Waals surface area contributed by atoms with Crippen LogP contribution in [-0.4, -0.2) is 30.1 Å². The second-order valence-electron chi connectivity index (χ2n) is 5.69. The van der Waals surface area contributed by atoms with Crippen LogP contribution in [0, 0.1) is 6.92 Å². The molecule has 0 radical (unpaired) electrons. The molecule has 25 heavy (non-hydrogen) atoms. The summed E-state index contributed by atoms with van der Waals surface area (Å²) >= 11 is 0. The highest BCUT2D eigenvalue weighted by Gasteiger charge is 2.16. The number of anilines is 1. The van der Waals surface area contributed by atoms with Gasteiger partial charge >= 0.3 is 0 Å². The topological polar surface area (TPSA) is 81.1 Å². The third kappa shape index (κ3) is 3.61. The monoisotopic (exact) mass is 355 g/mol. The highest BCUT2D eigenvalue weighted by molar-refractivity contribution is 7.90. The van der Waals surface area contributed by atoms with Crippen LogP contribution in [0.1, 0.15) is 15.9 Å². The number of sulfone groups is 1. The number of aryl methyl sites for hydroxylation is 1. The smallest absolute Gasteiger partial charge is 0.256 e. The van der Waals surface area contributed by atoms with Gasteiger partial charge in [-0.1, -0.05) is 18.2 Å². The molecule has 3 rings (SSSR count). The van der Waals surface area contributed by atoms with Gasteiger partial charge in [-0.2, -0.15) is 0 Å². The van der Waals surface area contributed by atoms with Gasteiger partial charge in [-0.15, -0.1) is 0 Å². The van der Waals surface area contributed by atoms with E-state index >= 15 is 0 Å². The number of amides is 1. The van der Waals surface area contributed by atoms with Crippen LogP contribution in [-0.2, 0) is 9.84 Å². The molecule has 0 unspecified atom stereocenters. The molecule has 1 amide bonds. The number of para-hydroxylation sites is 2. The number of rotatable bonds is 4. The van der Waals surface area contributed by atoms with Crippen molar-refractivity contribution in [2.24, 2.45) is 0 Å². The van der Waals surface area contributed by atoms with E-state index in [4.69, 9.17) is 0 Å². The highest BCUT2D eigenvalue weighted by atomic mass is 32.2. The van der Waals surface area contributed by atoms with E-state index in [1.165, 1.54) is 12.1 Å². The number of nitrogens with one attached hydrogen (secondary N) is 1. The predicted octanol–water partition coefficient (Wildman–Crippen LogP) is 2.84. The predicted molar refractivity (Wildman–Crippen MR) is 95.8 cm³/mol. The van der Waals surface area contributed by atoms with Gasteiger partial charge in [0.25, 0.3) is 5.91 Å². The normalized spacial score (nSPS) is 11.3. The minimum absolute atomic E-state index is 0.117. The molecule has 0 saturated carbocycles. The quantitative estimate of drug-likeness (QED) is 0.780. The number of carbonyl (C=O) groups is 1. The first-order valence-corrected chi connectivity index (χ1v) is 9.45. The SMILES string of the molecule is Cc1ccc(S(C)(=O)=O)cc1C(=O)Nc1ccccc1-n1ccnc1. The number of benzene rings is 2. The lowest BCUT2D eigenvalue weighted by molar-refractivity contribution is 0.102. The first kappa shape index (κ1) is 16.9. The van der Waals surface area contributed by atoms with Crippen LogP contribution in [0.15, 0.2) is 66.1 Å². The highest BCUT2D eigenvalue weighted by Crippen LogP contribution is 2.22. The van der Waals surface area contributed by atoms with Crippen molar-refractivity contribution < 1.29 is 13.2 Å². The molecule has 0 atom stereocenters. The van der Waals surface area contributed by atoms with Crippen LogP contribution in [0.2, 0.25) is 0 Å². The Kier molecular flexibility index (Phi) is 4.41. The second-order valence-corrected chi connectivity index (χ2v) is 7.71. The van der Waals surface area contributed by atoms with Crippen molar-refractivity contribution in [3.63, 3.8) is 0 Å². The van der Waals surface area contributed by atoms with E-state index in [0.29, 0.717) is 16.8 Å². The largest absolute Gasteiger partial charge is 0.320 e. The molecular weight excluding hydrogens is 338 g/mol. The maximum atomic E-state index is 12.7. The molecular formula is C18H17N3O3S. The van der Waals surface area contributed by atoms with Crippen molar-refractivity contribution in [2.45, 2.75) is 11.8 Å². The lowest BCUT2D eigenvalue weighted by Gasteiger charge is -2.13. The van der Waals surface area contributed by atoms with E-state index in [0.717, 1.165) is 11.9 Å². The van der Waals surface area contributed by atoms with Crippen molar-refractivity contribution in [1.29, 1.82) is 0 Å². The summed E-state index contributed by atoms with van der Waals surface area (Å²) in [5.41, 5.74) is 2.40. The Hall–Kier alpha value is -2.93. The number of hydrogen-bond donors (Lipinski definition) is 1. The molecule has 0 saturated heterocycles. The zero-order valence-corrected chi connectivity index (χ0v) is 14.6. The maximum absolute atomic E-state index is 12.7. The van der Waals surface area contributed by atoms with E-state index in [2.05, 4.69) is 10.3 Å². The Morgan fingerprint density at radius 1 is 1.16 bits per heavy atom. The average Bonchev–Trinajstić information content (AvgIpc) is 3.09. The Balaban J connectivity index is 1.97. The minimum atomic E-state index is -3.38. The molecule has 2 aromatic carbocycles. The first-order chi connectivity index (χ1) is 11.9. The Labute approximate surface area is 146 Å². The zero-order valence-electron chi connectivity index (χ0n) is 13.8. The molecule has 0 aliphatic heterocycles. The molecule has 6 nitrogen and oxygen atoms in total. The van der Waals surface area contributed by atoms with Crippen molar-refractivity contribution in [3.05, 3.63) is 72.3 Å². The van der Waals surface area contributed by atoms with E-state index < -0.39 is 9.84 Å². The van der Waals surface area contributed by atoms with Gasteiger partial charge in [-0.05, 0) is 36.8 Å². The lowest BCUT2D eigenvalue weighted by Crippen LogP contribution is -2.15. The molecule has 0 fully saturated rings. The maximum Gasteiger partial charge on any atom is 0.256 e. The molecule has 1 N–H and O–H groups in total. The number of nitrogens with zero attached hydrogens (tertiary/aromatic N) is 2. The fourth-order valence-electron chi connectivity index (χ4n) is 2.47. The number of hydrogen-bond acceptors (Lipinski definition) is 4. The van der Waals surface area contributed by atoms with Gasteiger partial charge in [-0.3, -0.25) is 4.79 Å². The van der Waals surface area contributed by atoms with Gasteiger partial charge in [0, 0.05) is 24.2 Å². The van der Waals surface area contributed by atoms with Gasteiger partial charge in [-0.25, -0.2) is 13.4 Å². The summed E-state index contributed by atoms with van der Waals surface area (Å²) in [4.78, 5) is 16.8. The summed E-state index contributed by atoms with van der Waals surface area (Å²) < 4.78 is 25.3. The van der Waals surface area contributed by atoms with Gasteiger partial charge in [0.05, 0.1) is 22.6 Å². The second kappa shape index (κ2) is 6.52. The van der Waals surface area contributed by atoms with E-state index in [1.807, 2.05) is 18.2 Å². The third-order valence-electron chi connectivity index (χ3n) is 3.82. The zero-order chi connectivity index (χ0) is 18.0. The number of aromatic nitrogens is 2. The first-order valence-electron chi connectivity index (χ1n) is 7.55. The Bertz CT molecular complexity index is 1030. The van der Waals surface area contributed by atoms with Gasteiger partial charge in [0.2, 0.25) is 0 Å². The van der Waals surface area contributed by atoms with Gasteiger partial charge in [0.15, 0.2) is 9.84 Å². The van der Waals surface area contributed by atoms with Crippen molar-refractivity contribution in [3.8, 4) is 5.69 Å². The molecule has 3 aromatic rings. The van der Waals surface area contributed by atoms with Crippen molar-refractivity contribution in [1.82, 2.24) is 9.55 Å². The summed E-state index contributed by atoms with van der Waals surface area (Å²) in [6.07, 6.45) is 6.19. The van der Waals surface area contributed by atoms with E-state index in [1.54, 1.807) is 42.3 Å². The third-order valence-corrected chi connectivity index (χ3v) is 4.93. The van der Waals surface area contributed by atoms with Crippen LogP contribution in [0.3, 0.4) is 0 Å². The van der Waals surface area contributed by atoms with Crippen LogP contribution in [0.4, 0.5) is 5.69 Å². The van der Waals surface area contributed by atoms with Crippen molar-refractivity contribution in [2.75, 3.05) is 11.6 Å². The summed E-state index contributed by atoms with van der Waals surface area (Å²) in [6, 6.07) is 11.9. The van der Waals surface area contributed by atoms with Crippen LogP contribution in [0.25, 0.3) is 5.69 Å². The molecule has 1 aromatic heterocycles.